The Kier molecular flexibility index (Phi) is 5.40. The van der Waals surface area contributed by atoms with Crippen LogP contribution in [0.4, 0.5) is 8.78 Å². The number of carbonyl (C=O) groups is 1. The molecule has 5 heteroatoms. The first-order chi connectivity index (χ1) is 12.9. The van der Waals surface area contributed by atoms with Crippen LogP contribution in [0.1, 0.15) is 36.9 Å². The number of halogens is 2. The van der Waals surface area contributed by atoms with Gasteiger partial charge in [-0.1, -0.05) is 30.3 Å². The molecule has 0 heterocycles. The summed E-state index contributed by atoms with van der Waals surface area (Å²) in [5.74, 6) is -1.62. The molecule has 3 nitrogen and oxygen atoms in total. The van der Waals surface area contributed by atoms with Gasteiger partial charge in [0, 0.05) is 0 Å². The molecular formula is C22H21F2NO2. The first-order valence-corrected chi connectivity index (χ1v) is 8.72. The van der Waals surface area contributed by atoms with Crippen molar-refractivity contribution in [1.82, 2.24) is 5.32 Å². The summed E-state index contributed by atoms with van der Waals surface area (Å²) in [6.45, 7) is 3.56. The molecule has 27 heavy (non-hydrogen) atoms. The second-order valence-electron chi connectivity index (χ2n) is 6.60. The SMILES string of the molecule is COc1ccc2cc(C(C)C(=O)NC(C)c3ccc(F)c(F)c3)ccc2c1. The van der Waals surface area contributed by atoms with E-state index in [1.54, 1.807) is 14.0 Å². The number of fused-ring (bicyclic) bond motifs is 1. The third kappa shape index (κ3) is 4.08. The van der Waals surface area contributed by atoms with Gasteiger partial charge >= 0.3 is 0 Å². The van der Waals surface area contributed by atoms with Crippen LogP contribution in [0.25, 0.3) is 10.8 Å². The zero-order valence-electron chi connectivity index (χ0n) is 15.4. The van der Waals surface area contributed by atoms with Crippen LogP contribution < -0.4 is 10.1 Å². The van der Waals surface area contributed by atoms with Crippen molar-refractivity contribution in [3.63, 3.8) is 0 Å². The van der Waals surface area contributed by atoms with Gasteiger partial charge in [0.05, 0.1) is 19.1 Å². The van der Waals surface area contributed by atoms with Crippen molar-refractivity contribution in [2.45, 2.75) is 25.8 Å². The average molecular weight is 369 g/mol. The van der Waals surface area contributed by atoms with Gasteiger partial charge in [0.15, 0.2) is 11.6 Å². The first-order valence-electron chi connectivity index (χ1n) is 8.72. The lowest BCUT2D eigenvalue weighted by atomic mass is 9.96. The highest BCUT2D eigenvalue weighted by Gasteiger charge is 2.19. The molecule has 1 amide bonds. The van der Waals surface area contributed by atoms with Gasteiger partial charge in [0.25, 0.3) is 0 Å². The predicted molar refractivity (Wildman–Crippen MR) is 102 cm³/mol. The van der Waals surface area contributed by atoms with Gasteiger partial charge < -0.3 is 10.1 Å². The lowest BCUT2D eigenvalue weighted by Gasteiger charge is -2.19. The Bertz CT molecular complexity index is 987. The summed E-state index contributed by atoms with van der Waals surface area (Å²) >= 11 is 0. The zero-order valence-corrected chi connectivity index (χ0v) is 15.4. The molecule has 3 aromatic rings. The van der Waals surface area contributed by atoms with Crippen molar-refractivity contribution in [2.75, 3.05) is 7.11 Å². The van der Waals surface area contributed by atoms with Gasteiger partial charge in [-0.05, 0) is 60.0 Å². The lowest BCUT2D eigenvalue weighted by Crippen LogP contribution is -2.30. The predicted octanol–water partition coefficient (Wildman–Crippen LogP) is 5.11. The highest BCUT2D eigenvalue weighted by molar-refractivity contribution is 5.88. The molecule has 0 spiro atoms. The molecular weight excluding hydrogens is 348 g/mol. The summed E-state index contributed by atoms with van der Waals surface area (Å²) in [4.78, 5) is 12.6. The maximum atomic E-state index is 13.4. The Balaban J connectivity index is 1.76. The summed E-state index contributed by atoms with van der Waals surface area (Å²) in [6.07, 6.45) is 0. The molecule has 3 aromatic carbocycles. The minimum Gasteiger partial charge on any atom is -0.497 e. The maximum absolute atomic E-state index is 13.4. The van der Waals surface area contributed by atoms with Crippen LogP contribution in [0.5, 0.6) is 5.75 Å². The Morgan fingerprint density at radius 1 is 0.889 bits per heavy atom. The van der Waals surface area contributed by atoms with Crippen molar-refractivity contribution in [1.29, 1.82) is 0 Å². The normalized spacial score (nSPS) is 13.2. The molecule has 2 atom stereocenters. The Morgan fingerprint density at radius 3 is 2.26 bits per heavy atom. The van der Waals surface area contributed by atoms with Crippen molar-refractivity contribution in [3.05, 3.63) is 77.4 Å². The Hall–Kier alpha value is -2.95. The van der Waals surface area contributed by atoms with Gasteiger partial charge in [0.1, 0.15) is 5.75 Å². The van der Waals surface area contributed by atoms with Crippen LogP contribution in [0.2, 0.25) is 0 Å². The van der Waals surface area contributed by atoms with E-state index < -0.39 is 17.7 Å². The number of hydrogen-bond donors (Lipinski definition) is 1. The fraction of sp³-hybridized carbons (Fsp3) is 0.227. The summed E-state index contributed by atoms with van der Waals surface area (Å²) < 4.78 is 31.7. The number of benzene rings is 3. The van der Waals surface area contributed by atoms with E-state index in [1.165, 1.54) is 6.07 Å². The average Bonchev–Trinajstić information content (AvgIpc) is 2.68. The number of hydrogen-bond acceptors (Lipinski definition) is 2. The van der Waals surface area contributed by atoms with Gasteiger partial charge in [-0.2, -0.15) is 0 Å². The van der Waals surface area contributed by atoms with Crippen LogP contribution in [0.3, 0.4) is 0 Å². The quantitative estimate of drug-likeness (QED) is 0.679. The molecule has 0 aromatic heterocycles. The summed E-state index contributed by atoms with van der Waals surface area (Å²) in [5, 5.41) is 4.90. The summed E-state index contributed by atoms with van der Waals surface area (Å²) in [7, 11) is 1.62. The number of amides is 1. The molecule has 0 aliphatic heterocycles. The molecule has 0 aliphatic carbocycles. The van der Waals surface area contributed by atoms with E-state index in [2.05, 4.69) is 5.32 Å². The van der Waals surface area contributed by atoms with Crippen molar-refractivity contribution in [3.8, 4) is 5.75 Å². The van der Waals surface area contributed by atoms with Gasteiger partial charge in [-0.15, -0.1) is 0 Å². The van der Waals surface area contributed by atoms with Gasteiger partial charge in [0.2, 0.25) is 5.91 Å². The number of ether oxygens (including phenoxy) is 1. The van der Waals surface area contributed by atoms with E-state index >= 15 is 0 Å². The van der Waals surface area contributed by atoms with E-state index in [4.69, 9.17) is 4.74 Å². The first kappa shape index (κ1) is 18.8. The summed E-state index contributed by atoms with van der Waals surface area (Å²) in [6, 6.07) is 14.8. The van der Waals surface area contributed by atoms with E-state index in [-0.39, 0.29) is 11.8 Å². The minimum atomic E-state index is -0.924. The largest absolute Gasteiger partial charge is 0.497 e. The second-order valence-corrected chi connectivity index (χ2v) is 6.60. The maximum Gasteiger partial charge on any atom is 0.227 e. The van der Waals surface area contributed by atoms with Gasteiger partial charge in [-0.25, -0.2) is 8.78 Å². The molecule has 0 fully saturated rings. The molecule has 0 saturated carbocycles. The zero-order chi connectivity index (χ0) is 19.6. The molecule has 0 radical (unpaired) electrons. The van der Waals surface area contributed by atoms with Crippen LogP contribution in [-0.4, -0.2) is 13.0 Å². The molecule has 1 N–H and O–H groups in total. The summed E-state index contributed by atoms with van der Waals surface area (Å²) in [5.41, 5.74) is 1.39. The standard InChI is InChI=1S/C22H21F2NO2/c1-13(15-4-5-18-11-19(27-3)8-6-17(18)10-15)22(26)25-14(2)16-7-9-20(23)21(24)12-16/h4-14H,1-3H3,(H,25,26). The Morgan fingerprint density at radius 2 is 1.56 bits per heavy atom. The van der Waals surface area contributed by atoms with E-state index in [9.17, 15) is 13.6 Å². The van der Waals surface area contributed by atoms with Crippen molar-refractivity contribution < 1.29 is 18.3 Å². The third-order valence-electron chi connectivity index (χ3n) is 4.77. The van der Waals surface area contributed by atoms with Crippen LogP contribution in [0, 0.1) is 11.6 Å². The lowest BCUT2D eigenvalue weighted by molar-refractivity contribution is -0.122. The van der Waals surface area contributed by atoms with Crippen molar-refractivity contribution >= 4 is 16.7 Å². The molecule has 3 rings (SSSR count). The van der Waals surface area contributed by atoms with E-state index in [1.807, 2.05) is 43.3 Å². The van der Waals surface area contributed by atoms with Crippen LogP contribution >= 0.6 is 0 Å². The highest BCUT2D eigenvalue weighted by atomic mass is 19.2. The smallest absolute Gasteiger partial charge is 0.227 e. The van der Waals surface area contributed by atoms with E-state index in [0.29, 0.717) is 5.56 Å². The number of methoxy groups -OCH3 is 1. The van der Waals surface area contributed by atoms with Crippen molar-refractivity contribution in [2.24, 2.45) is 0 Å². The Labute approximate surface area is 157 Å². The molecule has 0 aliphatic rings. The third-order valence-corrected chi connectivity index (χ3v) is 4.77. The van der Waals surface area contributed by atoms with Crippen LogP contribution in [-0.2, 0) is 4.79 Å². The molecule has 2 unspecified atom stereocenters. The van der Waals surface area contributed by atoms with Crippen LogP contribution in [0.15, 0.2) is 54.6 Å². The number of rotatable bonds is 5. The fourth-order valence-corrected chi connectivity index (χ4v) is 2.99. The molecule has 0 bridgehead atoms. The monoisotopic (exact) mass is 369 g/mol. The number of carbonyl (C=O) groups excluding carboxylic acids is 1. The second kappa shape index (κ2) is 7.74. The highest BCUT2D eigenvalue weighted by Crippen LogP contribution is 2.26. The van der Waals surface area contributed by atoms with E-state index in [0.717, 1.165) is 34.2 Å². The molecule has 0 saturated heterocycles. The van der Waals surface area contributed by atoms with Gasteiger partial charge in [-0.3, -0.25) is 4.79 Å². The topological polar surface area (TPSA) is 38.3 Å². The number of nitrogens with one attached hydrogen (secondary N) is 1. The fourth-order valence-electron chi connectivity index (χ4n) is 2.99. The minimum absolute atomic E-state index is 0.180. The molecule has 140 valence electrons.